The average molecular weight is 324 g/mol. The summed E-state index contributed by atoms with van der Waals surface area (Å²) in [6.45, 7) is 3.97. The van der Waals surface area contributed by atoms with Crippen molar-refractivity contribution in [3.63, 3.8) is 0 Å². The molecule has 0 atom stereocenters. The van der Waals surface area contributed by atoms with Gasteiger partial charge in [0, 0.05) is 21.2 Å². The molecule has 1 N–H and O–H groups in total. The van der Waals surface area contributed by atoms with Gasteiger partial charge in [0.15, 0.2) is 0 Å². The molecule has 2 aromatic rings. The number of rotatable bonds is 4. The Balaban J connectivity index is 2.27. The summed E-state index contributed by atoms with van der Waals surface area (Å²) in [6.07, 6.45) is 0. The molecule has 0 spiro atoms. The Morgan fingerprint density at radius 2 is 1.95 bits per heavy atom. The Morgan fingerprint density at radius 3 is 2.67 bits per heavy atom. The summed E-state index contributed by atoms with van der Waals surface area (Å²) >= 11 is 12.1. The summed E-state index contributed by atoms with van der Waals surface area (Å²) in [6, 6.07) is 10.9. The molecule has 0 aromatic heterocycles. The fourth-order valence-corrected chi connectivity index (χ4v) is 2.28. The number of ether oxygens (including phenoxy) is 1. The highest BCUT2D eigenvalue weighted by atomic mass is 35.5. The molecule has 0 aliphatic heterocycles. The number of hydrogen-bond donors (Lipinski definition) is 1. The first-order valence-corrected chi connectivity index (χ1v) is 7.13. The van der Waals surface area contributed by atoms with Gasteiger partial charge in [0.1, 0.15) is 12.4 Å². The van der Waals surface area contributed by atoms with Gasteiger partial charge in [0.2, 0.25) is 0 Å². The van der Waals surface area contributed by atoms with Crippen LogP contribution < -0.4 is 4.74 Å². The van der Waals surface area contributed by atoms with Gasteiger partial charge in [-0.15, -0.1) is 0 Å². The van der Waals surface area contributed by atoms with E-state index < -0.39 is 0 Å². The fraction of sp³-hybridized carbons (Fsp3) is 0.188. The number of aryl methyl sites for hydroxylation is 1. The van der Waals surface area contributed by atoms with E-state index in [1.54, 1.807) is 25.1 Å². The Bertz CT molecular complexity index is 684. The minimum atomic E-state index is 0.286. The molecule has 21 heavy (non-hydrogen) atoms. The number of oxime groups is 1. The highest BCUT2D eigenvalue weighted by molar-refractivity contribution is 6.33. The minimum Gasteiger partial charge on any atom is -0.488 e. The first kappa shape index (κ1) is 15.7. The Morgan fingerprint density at radius 1 is 1.19 bits per heavy atom. The number of benzene rings is 2. The largest absolute Gasteiger partial charge is 0.488 e. The third-order valence-electron chi connectivity index (χ3n) is 3.07. The lowest BCUT2D eigenvalue weighted by Crippen LogP contribution is -2.03. The second-order valence-corrected chi connectivity index (χ2v) is 5.55. The van der Waals surface area contributed by atoms with E-state index >= 15 is 0 Å². The van der Waals surface area contributed by atoms with Crippen LogP contribution in [-0.2, 0) is 6.61 Å². The van der Waals surface area contributed by atoms with Gasteiger partial charge in [-0.2, -0.15) is 0 Å². The maximum Gasteiger partial charge on any atom is 0.129 e. The lowest BCUT2D eigenvalue weighted by Gasteiger charge is -2.13. The van der Waals surface area contributed by atoms with Gasteiger partial charge in [0.25, 0.3) is 0 Å². The minimum absolute atomic E-state index is 0.286. The van der Waals surface area contributed by atoms with E-state index in [0.29, 0.717) is 21.5 Å². The molecule has 0 fully saturated rings. The third-order valence-corrected chi connectivity index (χ3v) is 3.67. The van der Waals surface area contributed by atoms with Crippen LogP contribution in [-0.4, -0.2) is 10.9 Å². The van der Waals surface area contributed by atoms with Gasteiger partial charge in [-0.25, -0.2) is 0 Å². The van der Waals surface area contributed by atoms with Crippen LogP contribution in [0.15, 0.2) is 41.6 Å². The normalized spacial score (nSPS) is 11.5. The molecular formula is C16H15Cl2NO2. The SMILES string of the molecule is CC(=NO)c1ccc(C)cc1OCc1cc(Cl)ccc1Cl. The van der Waals surface area contributed by atoms with Crippen LogP contribution >= 0.6 is 23.2 Å². The zero-order valence-electron chi connectivity index (χ0n) is 11.7. The molecule has 0 heterocycles. The van der Waals surface area contributed by atoms with Crippen molar-refractivity contribution in [1.82, 2.24) is 0 Å². The number of halogens is 2. The van der Waals surface area contributed by atoms with Crippen LogP contribution in [0.5, 0.6) is 5.75 Å². The van der Waals surface area contributed by atoms with E-state index in [2.05, 4.69) is 5.16 Å². The highest BCUT2D eigenvalue weighted by Gasteiger charge is 2.09. The summed E-state index contributed by atoms with van der Waals surface area (Å²) in [5.41, 5.74) is 3.08. The van der Waals surface area contributed by atoms with E-state index in [4.69, 9.17) is 33.1 Å². The monoisotopic (exact) mass is 323 g/mol. The summed E-state index contributed by atoms with van der Waals surface area (Å²) in [5.74, 6) is 0.640. The zero-order valence-corrected chi connectivity index (χ0v) is 13.2. The molecule has 2 aromatic carbocycles. The summed E-state index contributed by atoms with van der Waals surface area (Å²) in [4.78, 5) is 0. The lowest BCUT2D eigenvalue weighted by atomic mass is 10.1. The summed E-state index contributed by atoms with van der Waals surface area (Å²) in [5, 5.41) is 13.4. The molecule has 0 saturated carbocycles. The quantitative estimate of drug-likeness (QED) is 0.484. The van der Waals surface area contributed by atoms with Gasteiger partial charge in [0.05, 0.1) is 5.71 Å². The summed E-state index contributed by atoms with van der Waals surface area (Å²) < 4.78 is 5.83. The second-order valence-electron chi connectivity index (χ2n) is 4.71. The van der Waals surface area contributed by atoms with E-state index in [9.17, 15) is 0 Å². The molecule has 0 unspecified atom stereocenters. The molecule has 0 saturated heterocycles. The topological polar surface area (TPSA) is 41.8 Å². The lowest BCUT2D eigenvalue weighted by molar-refractivity contribution is 0.303. The first-order valence-electron chi connectivity index (χ1n) is 6.37. The maximum atomic E-state index is 8.94. The molecule has 2 rings (SSSR count). The molecule has 0 amide bonds. The van der Waals surface area contributed by atoms with Crippen molar-refractivity contribution in [2.75, 3.05) is 0 Å². The molecule has 0 aliphatic carbocycles. The molecule has 0 aliphatic rings. The zero-order chi connectivity index (χ0) is 15.4. The maximum absolute atomic E-state index is 8.94. The van der Waals surface area contributed by atoms with Crippen LogP contribution in [0.25, 0.3) is 0 Å². The molecule has 5 heteroatoms. The van der Waals surface area contributed by atoms with Crippen LogP contribution in [0.2, 0.25) is 10.0 Å². The van der Waals surface area contributed by atoms with E-state index in [1.807, 2.05) is 25.1 Å². The van der Waals surface area contributed by atoms with Crippen molar-refractivity contribution in [3.05, 3.63) is 63.1 Å². The molecular weight excluding hydrogens is 309 g/mol. The Kier molecular flexibility index (Phi) is 5.10. The van der Waals surface area contributed by atoms with Crippen molar-refractivity contribution in [2.24, 2.45) is 5.16 Å². The molecule has 110 valence electrons. The predicted molar refractivity (Wildman–Crippen MR) is 86.0 cm³/mol. The van der Waals surface area contributed by atoms with E-state index in [1.165, 1.54) is 0 Å². The van der Waals surface area contributed by atoms with Crippen molar-refractivity contribution in [2.45, 2.75) is 20.5 Å². The smallest absolute Gasteiger partial charge is 0.129 e. The van der Waals surface area contributed by atoms with Crippen molar-refractivity contribution >= 4 is 28.9 Å². The fourth-order valence-electron chi connectivity index (χ4n) is 1.91. The van der Waals surface area contributed by atoms with Gasteiger partial charge >= 0.3 is 0 Å². The van der Waals surface area contributed by atoms with E-state index in [-0.39, 0.29) is 6.61 Å². The van der Waals surface area contributed by atoms with Crippen LogP contribution in [0.3, 0.4) is 0 Å². The average Bonchev–Trinajstić information content (AvgIpc) is 2.47. The van der Waals surface area contributed by atoms with E-state index in [0.717, 1.165) is 16.7 Å². The summed E-state index contributed by atoms with van der Waals surface area (Å²) in [7, 11) is 0. The molecule has 0 bridgehead atoms. The van der Waals surface area contributed by atoms with Gasteiger partial charge in [-0.05, 0) is 49.7 Å². The van der Waals surface area contributed by atoms with Crippen molar-refractivity contribution in [3.8, 4) is 5.75 Å². The van der Waals surface area contributed by atoms with Gasteiger partial charge in [-0.1, -0.05) is 34.4 Å². The Labute approximate surface area is 133 Å². The van der Waals surface area contributed by atoms with Crippen LogP contribution in [0.4, 0.5) is 0 Å². The third kappa shape index (κ3) is 3.90. The van der Waals surface area contributed by atoms with Crippen LogP contribution in [0, 0.1) is 6.92 Å². The van der Waals surface area contributed by atoms with Crippen molar-refractivity contribution in [1.29, 1.82) is 0 Å². The standard InChI is InChI=1S/C16H15Cl2NO2/c1-10-3-5-14(11(2)19-20)16(7-10)21-9-12-8-13(17)4-6-15(12)18/h3-8,20H,9H2,1-2H3. The Hall–Kier alpha value is -1.71. The van der Waals surface area contributed by atoms with Gasteiger partial charge < -0.3 is 9.94 Å². The molecule has 0 radical (unpaired) electrons. The molecule has 3 nitrogen and oxygen atoms in total. The number of hydrogen-bond acceptors (Lipinski definition) is 3. The second kappa shape index (κ2) is 6.83. The predicted octanol–water partition coefficient (Wildman–Crippen LogP) is 5.08. The highest BCUT2D eigenvalue weighted by Crippen LogP contribution is 2.25. The van der Waals surface area contributed by atoms with Crippen molar-refractivity contribution < 1.29 is 9.94 Å². The number of nitrogens with zero attached hydrogens (tertiary/aromatic N) is 1. The first-order chi connectivity index (χ1) is 10.0. The van der Waals surface area contributed by atoms with Crippen LogP contribution in [0.1, 0.15) is 23.6 Å². The van der Waals surface area contributed by atoms with Gasteiger partial charge in [-0.3, -0.25) is 0 Å².